The van der Waals surface area contributed by atoms with Gasteiger partial charge in [0.25, 0.3) is 0 Å². The fourth-order valence-electron chi connectivity index (χ4n) is 8.71. The first-order valence-corrected chi connectivity index (χ1v) is 13.7. The smallest absolute Gasteiger partial charge is 0.160 e. The Balaban J connectivity index is 1.79. The second kappa shape index (κ2) is 8.93. The third-order valence-corrected chi connectivity index (χ3v) is 11.1. The second-order valence-corrected chi connectivity index (χ2v) is 13.5. The molecule has 0 aliphatic heterocycles. The summed E-state index contributed by atoms with van der Waals surface area (Å²) in [6.07, 6.45) is 3.70. The summed E-state index contributed by atoms with van der Waals surface area (Å²) in [6.45, 7) is 13.5. The van der Waals surface area contributed by atoms with E-state index in [2.05, 4.69) is 6.92 Å². The van der Waals surface area contributed by atoms with E-state index in [1.165, 1.54) is 0 Å². The second-order valence-electron chi connectivity index (χ2n) is 13.5. The van der Waals surface area contributed by atoms with Crippen molar-refractivity contribution in [3.8, 4) is 0 Å². The summed E-state index contributed by atoms with van der Waals surface area (Å²) in [5, 5.41) is 11.6. The minimum absolute atomic E-state index is 0.00164. The molecule has 0 aromatic carbocycles. The molecule has 0 radical (unpaired) electrons. The van der Waals surface area contributed by atoms with E-state index in [0.717, 1.165) is 11.9 Å². The van der Waals surface area contributed by atoms with Crippen LogP contribution in [0.25, 0.3) is 0 Å². The number of ketones is 4. The fraction of sp³-hybridized carbons (Fsp3) is 0.710. The van der Waals surface area contributed by atoms with E-state index in [1.807, 2.05) is 41.5 Å². The maximum atomic E-state index is 14.0. The summed E-state index contributed by atoms with van der Waals surface area (Å²) in [4.78, 5) is 64.3. The summed E-state index contributed by atoms with van der Waals surface area (Å²) in [7, 11) is 0. The van der Waals surface area contributed by atoms with E-state index in [9.17, 15) is 29.1 Å². The number of hydrogen-bond donors (Lipinski definition) is 1. The van der Waals surface area contributed by atoms with E-state index in [1.54, 1.807) is 6.08 Å². The number of allylic oxidation sites excluding steroid dienone is 3. The van der Waals surface area contributed by atoms with Gasteiger partial charge in [0.1, 0.15) is 17.9 Å². The topological polar surface area (TPSA) is 106 Å². The number of carbonyl (C=O) groups excluding carboxylic acids is 5. The maximum Gasteiger partial charge on any atom is 0.160 e. The first-order valence-electron chi connectivity index (χ1n) is 13.7. The molecule has 6 nitrogen and oxygen atoms in total. The summed E-state index contributed by atoms with van der Waals surface area (Å²) in [5.41, 5.74) is -1.08. The first kappa shape index (κ1) is 27.8. The molecule has 7 unspecified atom stereocenters. The van der Waals surface area contributed by atoms with E-state index in [-0.39, 0.29) is 60.1 Å². The molecular formula is C31H42O6. The van der Waals surface area contributed by atoms with Crippen molar-refractivity contribution >= 4 is 29.4 Å². The van der Waals surface area contributed by atoms with Crippen LogP contribution in [-0.2, 0) is 24.0 Å². The normalized spacial score (nSPS) is 40.2. The van der Waals surface area contributed by atoms with Gasteiger partial charge in [-0.1, -0.05) is 40.2 Å². The molecule has 37 heavy (non-hydrogen) atoms. The highest BCUT2D eigenvalue weighted by Gasteiger charge is 2.70. The van der Waals surface area contributed by atoms with E-state index >= 15 is 0 Å². The lowest BCUT2D eigenvalue weighted by Gasteiger charge is -2.60. The molecule has 1 N–H and O–H groups in total. The van der Waals surface area contributed by atoms with Gasteiger partial charge in [0.2, 0.25) is 0 Å². The third kappa shape index (κ3) is 3.80. The maximum absolute atomic E-state index is 14.0. The molecule has 4 rings (SSSR count). The van der Waals surface area contributed by atoms with Gasteiger partial charge in [-0.05, 0) is 61.5 Å². The van der Waals surface area contributed by atoms with Gasteiger partial charge in [0.15, 0.2) is 11.6 Å². The Bertz CT molecular complexity index is 1140. The molecule has 4 aliphatic carbocycles. The molecule has 4 aliphatic rings. The van der Waals surface area contributed by atoms with E-state index < -0.39 is 27.8 Å². The number of fused-ring (bicyclic) bond motifs is 4. The van der Waals surface area contributed by atoms with Crippen LogP contribution in [0.1, 0.15) is 93.4 Å². The molecule has 0 amide bonds. The van der Waals surface area contributed by atoms with Gasteiger partial charge in [0, 0.05) is 48.5 Å². The zero-order valence-electron chi connectivity index (χ0n) is 23.4. The van der Waals surface area contributed by atoms with Crippen LogP contribution < -0.4 is 0 Å². The van der Waals surface area contributed by atoms with Gasteiger partial charge in [-0.25, -0.2) is 0 Å². The van der Waals surface area contributed by atoms with Gasteiger partial charge in [-0.3, -0.25) is 19.2 Å². The van der Waals surface area contributed by atoms with Crippen molar-refractivity contribution in [2.24, 2.45) is 39.4 Å². The molecule has 2 saturated carbocycles. The van der Waals surface area contributed by atoms with Crippen molar-refractivity contribution in [3.05, 3.63) is 22.8 Å². The minimum atomic E-state index is -1.02. The zero-order chi connectivity index (χ0) is 27.7. The average molecular weight is 511 g/mol. The molecule has 0 bridgehead atoms. The molecule has 202 valence electrons. The van der Waals surface area contributed by atoms with Gasteiger partial charge >= 0.3 is 0 Å². The van der Waals surface area contributed by atoms with Crippen LogP contribution in [0, 0.1) is 39.4 Å². The Labute approximate surface area is 220 Å². The standard InChI is InChI=1S/C31H42O6/c1-17(9-11-32)12-19(33)13-18(2)20-14-25(37)31(7)27-21(34)15-23-28(3,4)24(36)8-10-29(23,5)26(27)22(35)16-30(20,31)6/h11,13,17,20-21,23,34H,8-10,12,14-16H2,1-7H3. The molecule has 0 heterocycles. The Morgan fingerprint density at radius 1 is 1.11 bits per heavy atom. The Morgan fingerprint density at radius 3 is 2.38 bits per heavy atom. The molecule has 0 aromatic heterocycles. The van der Waals surface area contributed by atoms with E-state index in [0.29, 0.717) is 36.8 Å². The van der Waals surface area contributed by atoms with Crippen molar-refractivity contribution < 1.29 is 29.1 Å². The highest BCUT2D eigenvalue weighted by atomic mass is 16.3. The molecule has 0 aromatic rings. The molecule has 7 atom stereocenters. The third-order valence-electron chi connectivity index (χ3n) is 11.1. The van der Waals surface area contributed by atoms with E-state index in [4.69, 9.17) is 0 Å². The largest absolute Gasteiger partial charge is 0.389 e. The molecule has 0 saturated heterocycles. The quantitative estimate of drug-likeness (QED) is 0.408. The number of Topliss-reactive ketones (excluding diaryl/α,β-unsaturated/α-hetero) is 3. The van der Waals surface area contributed by atoms with Gasteiger partial charge in [-0.15, -0.1) is 0 Å². The van der Waals surface area contributed by atoms with Gasteiger partial charge in [-0.2, -0.15) is 0 Å². The SMILES string of the molecule is CC(=CC(=O)CC(C)CC=O)C1CC(=O)C2(C)C3=C(C(=O)CC12C)C1(C)CCC(=O)C(C)(C)C1CC3O. The van der Waals surface area contributed by atoms with Gasteiger partial charge < -0.3 is 9.90 Å². The van der Waals surface area contributed by atoms with Crippen molar-refractivity contribution in [2.45, 2.75) is 99.5 Å². The Kier molecular flexibility index (Phi) is 6.71. The average Bonchev–Trinajstić information content (AvgIpc) is 2.99. The number of rotatable bonds is 6. The highest BCUT2D eigenvalue weighted by Crippen LogP contribution is 2.70. The molecule has 0 spiro atoms. The lowest BCUT2D eigenvalue weighted by atomic mass is 9.42. The van der Waals surface area contributed by atoms with Crippen LogP contribution in [0.2, 0.25) is 0 Å². The van der Waals surface area contributed by atoms with Crippen LogP contribution in [0.4, 0.5) is 0 Å². The first-order chi connectivity index (χ1) is 17.1. The Hall–Kier alpha value is -2.21. The lowest BCUT2D eigenvalue weighted by molar-refractivity contribution is -0.146. The summed E-state index contributed by atoms with van der Waals surface area (Å²) < 4.78 is 0. The monoisotopic (exact) mass is 510 g/mol. The minimum Gasteiger partial charge on any atom is -0.389 e. The van der Waals surface area contributed by atoms with Crippen LogP contribution in [-0.4, -0.2) is 40.6 Å². The molecule has 2 fully saturated rings. The van der Waals surface area contributed by atoms with Crippen LogP contribution >= 0.6 is 0 Å². The fourth-order valence-corrected chi connectivity index (χ4v) is 8.71. The van der Waals surface area contributed by atoms with Gasteiger partial charge in [0.05, 0.1) is 11.5 Å². The van der Waals surface area contributed by atoms with Crippen molar-refractivity contribution in [1.29, 1.82) is 0 Å². The number of aliphatic hydroxyl groups is 1. The summed E-state index contributed by atoms with van der Waals surface area (Å²) in [6, 6.07) is 0. The summed E-state index contributed by atoms with van der Waals surface area (Å²) >= 11 is 0. The van der Waals surface area contributed by atoms with Crippen molar-refractivity contribution in [1.82, 2.24) is 0 Å². The summed E-state index contributed by atoms with van der Waals surface area (Å²) in [5.74, 6) is -0.480. The van der Waals surface area contributed by atoms with Crippen LogP contribution in [0.15, 0.2) is 22.8 Å². The predicted molar refractivity (Wildman–Crippen MR) is 139 cm³/mol. The number of carbonyl (C=O) groups is 5. The zero-order valence-corrected chi connectivity index (χ0v) is 23.4. The number of aliphatic hydroxyl groups excluding tert-OH is 1. The lowest BCUT2D eigenvalue weighted by Crippen LogP contribution is -2.59. The van der Waals surface area contributed by atoms with Crippen molar-refractivity contribution in [2.75, 3.05) is 0 Å². The highest BCUT2D eigenvalue weighted by molar-refractivity contribution is 6.06. The number of hydrogen-bond acceptors (Lipinski definition) is 6. The predicted octanol–water partition coefficient (Wildman–Crippen LogP) is 4.76. The number of aldehydes is 1. The molecular weight excluding hydrogens is 468 g/mol. The molecule has 6 heteroatoms. The Morgan fingerprint density at radius 2 is 1.76 bits per heavy atom. The van der Waals surface area contributed by atoms with Crippen LogP contribution in [0.5, 0.6) is 0 Å². The van der Waals surface area contributed by atoms with Crippen LogP contribution in [0.3, 0.4) is 0 Å². The van der Waals surface area contributed by atoms with Crippen molar-refractivity contribution in [3.63, 3.8) is 0 Å².